The molecule has 7 heteroatoms. The highest BCUT2D eigenvalue weighted by molar-refractivity contribution is 5.64. The van der Waals surface area contributed by atoms with E-state index in [2.05, 4.69) is 5.10 Å². The Morgan fingerprint density at radius 1 is 1.33 bits per heavy atom. The van der Waals surface area contributed by atoms with Crippen molar-refractivity contribution >= 4 is 6.29 Å². The van der Waals surface area contributed by atoms with Crippen molar-refractivity contribution in [2.24, 2.45) is 7.05 Å². The summed E-state index contributed by atoms with van der Waals surface area (Å²) in [6.45, 7) is 5.42. The first-order chi connectivity index (χ1) is 8.26. The van der Waals surface area contributed by atoms with Crippen LogP contribution in [0.4, 0.5) is 0 Å². The van der Waals surface area contributed by atoms with Gasteiger partial charge in [0.25, 0.3) is 0 Å². The quantitative estimate of drug-likeness (QED) is 0.603. The molecule has 0 radical (unpaired) electrons. The van der Waals surface area contributed by atoms with Crippen molar-refractivity contribution in [3.05, 3.63) is 33.1 Å². The van der Waals surface area contributed by atoms with Crippen LogP contribution in [-0.2, 0) is 16.6 Å². The van der Waals surface area contributed by atoms with Crippen molar-refractivity contribution in [2.45, 2.75) is 32.6 Å². The molecule has 0 saturated heterocycles. The molecule has 0 fully saturated rings. The standard InChI is InChI=1S/C11H17N3O4/c1-11(2,3)18-8(6-5-7-15)14-10(17)13(4)9(16)12-14/h5-8H,1-4H3,(H,12,16)/b6-5+. The summed E-state index contributed by atoms with van der Waals surface area (Å²) >= 11 is 0. The van der Waals surface area contributed by atoms with Crippen LogP contribution in [0.5, 0.6) is 0 Å². The van der Waals surface area contributed by atoms with Gasteiger partial charge in [-0.1, -0.05) is 0 Å². The first-order valence-electron chi connectivity index (χ1n) is 5.43. The van der Waals surface area contributed by atoms with E-state index in [-0.39, 0.29) is 0 Å². The lowest BCUT2D eigenvalue weighted by Crippen LogP contribution is -2.32. The minimum Gasteiger partial charge on any atom is -0.347 e. The molecule has 0 spiro atoms. The molecule has 0 amide bonds. The first-order valence-corrected chi connectivity index (χ1v) is 5.43. The lowest BCUT2D eigenvalue weighted by Gasteiger charge is -2.25. The highest BCUT2D eigenvalue weighted by atomic mass is 16.5. The predicted molar refractivity (Wildman–Crippen MR) is 65.4 cm³/mol. The number of H-pyrrole nitrogens is 1. The largest absolute Gasteiger partial charge is 0.349 e. The number of allylic oxidation sites excluding steroid dienone is 1. The highest BCUT2D eigenvalue weighted by Gasteiger charge is 2.21. The van der Waals surface area contributed by atoms with E-state index in [4.69, 9.17) is 4.74 Å². The van der Waals surface area contributed by atoms with E-state index in [0.29, 0.717) is 6.29 Å². The average molecular weight is 255 g/mol. The summed E-state index contributed by atoms with van der Waals surface area (Å²) in [4.78, 5) is 33.5. The van der Waals surface area contributed by atoms with E-state index in [0.717, 1.165) is 9.25 Å². The van der Waals surface area contributed by atoms with Crippen LogP contribution in [0.2, 0.25) is 0 Å². The number of carbonyl (C=O) groups is 1. The second-order valence-corrected chi connectivity index (χ2v) is 4.77. The molecule has 0 aliphatic carbocycles. The Kier molecular flexibility index (Phi) is 4.07. The lowest BCUT2D eigenvalue weighted by molar-refractivity contribution is -0.104. The SMILES string of the molecule is Cn1c(=O)[nH]n(C(/C=C/C=O)OC(C)(C)C)c1=O. The van der Waals surface area contributed by atoms with E-state index < -0.39 is 23.2 Å². The summed E-state index contributed by atoms with van der Waals surface area (Å²) in [7, 11) is 1.36. The molecule has 1 N–H and O–H groups in total. The molecule has 0 aliphatic rings. The number of rotatable bonds is 4. The van der Waals surface area contributed by atoms with Gasteiger partial charge >= 0.3 is 11.4 Å². The molecular weight excluding hydrogens is 238 g/mol. The number of ether oxygens (including phenoxy) is 1. The van der Waals surface area contributed by atoms with Crippen molar-refractivity contribution in [3.63, 3.8) is 0 Å². The van der Waals surface area contributed by atoms with Crippen LogP contribution in [0.3, 0.4) is 0 Å². The number of aromatic amines is 1. The van der Waals surface area contributed by atoms with E-state index in [1.807, 2.05) is 0 Å². The van der Waals surface area contributed by atoms with Gasteiger partial charge in [-0.3, -0.25) is 4.79 Å². The molecule has 1 atom stereocenters. The van der Waals surface area contributed by atoms with E-state index in [1.54, 1.807) is 20.8 Å². The minimum absolute atomic E-state index is 0.537. The summed E-state index contributed by atoms with van der Waals surface area (Å²) < 4.78 is 7.57. The van der Waals surface area contributed by atoms with Gasteiger partial charge in [-0.05, 0) is 32.9 Å². The number of aromatic nitrogens is 3. The van der Waals surface area contributed by atoms with Crippen LogP contribution in [0.25, 0.3) is 0 Å². The van der Waals surface area contributed by atoms with Crippen LogP contribution < -0.4 is 11.4 Å². The van der Waals surface area contributed by atoms with Gasteiger partial charge in [-0.15, -0.1) is 0 Å². The third-order valence-corrected chi connectivity index (χ3v) is 2.10. The van der Waals surface area contributed by atoms with Crippen LogP contribution >= 0.6 is 0 Å². The van der Waals surface area contributed by atoms with Crippen LogP contribution in [0.1, 0.15) is 27.0 Å². The molecule has 0 aliphatic heterocycles. The number of nitrogens with zero attached hydrogens (tertiary/aromatic N) is 2. The minimum atomic E-state index is -0.836. The Bertz CT molecular complexity index is 556. The molecular formula is C11H17N3O4. The molecule has 0 bridgehead atoms. The Balaban J connectivity index is 3.21. The predicted octanol–water partition coefficient (Wildman–Crippen LogP) is -0.0561. The number of carbonyl (C=O) groups excluding carboxylic acids is 1. The summed E-state index contributed by atoms with van der Waals surface area (Å²) in [6, 6.07) is 0. The van der Waals surface area contributed by atoms with Crippen molar-refractivity contribution in [2.75, 3.05) is 0 Å². The molecule has 0 aromatic carbocycles. The second-order valence-electron chi connectivity index (χ2n) is 4.77. The molecule has 100 valence electrons. The fourth-order valence-electron chi connectivity index (χ4n) is 1.33. The first kappa shape index (κ1) is 14.2. The zero-order valence-electron chi connectivity index (χ0n) is 10.8. The smallest absolute Gasteiger partial charge is 0.347 e. The summed E-state index contributed by atoms with van der Waals surface area (Å²) in [6.07, 6.45) is 2.35. The maximum atomic E-state index is 11.8. The molecule has 1 unspecified atom stereocenters. The van der Waals surface area contributed by atoms with Crippen molar-refractivity contribution < 1.29 is 9.53 Å². The molecule has 1 heterocycles. The molecule has 7 nitrogen and oxygen atoms in total. The Morgan fingerprint density at radius 2 is 1.94 bits per heavy atom. The fraction of sp³-hybridized carbons (Fsp3) is 0.545. The maximum absolute atomic E-state index is 11.8. The monoisotopic (exact) mass is 255 g/mol. The van der Waals surface area contributed by atoms with Gasteiger partial charge in [0.1, 0.15) is 6.29 Å². The van der Waals surface area contributed by atoms with Crippen molar-refractivity contribution in [1.82, 2.24) is 14.3 Å². The Hall–Kier alpha value is -1.89. The topological polar surface area (TPSA) is 86.1 Å². The molecule has 18 heavy (non-hydrogen) atoms. The second kappa shape index (κ2) is 5.18. The van der Waals surface area contributed by atoms with Crippen molar-refractivity contribution in [1.29, 1.82) is 0 Å². The van der Waals surface area contributed by atoms with Crippen LogP contribution in [0.15, 0.2) is 21.7 Å². The van der Waals surface area contributed by atoms with Gasteiger partial charge in [0.2, 0.25) is 0 Å². The van der Waals surface area contributed by atoms with E-state index in [1.165, 1.54) is 19.2 Å². The number of hydrogen-bond acceptors (Lipinski definition) is 4. The zero-order valence-corrected chi connectivity index (χ0v) is 10.8. The van der Waals surface area contributed by atoms with Gasteiger partial charge in [-0.25, -0.2) is 23.9 Å². The van der Waals surface area contributed by atoms with E-state index >= 15 is 0 Å². The van der Waals surface area contributed by atoms with Gasteiger partial charge in [0, 0.05) is 7.05 Å². The summed E-state index contributed by atoms with van der Waals surface area (Å²) in [5, 5.41) is 2.36. The summed E-state index contributed by atoms with van der Waals surface area (Å²) in [5.41, 5.74) is -1.61. The van der Waals surface area contributed by atoms with Crippen LogP contribution in [-0.4, -0.2) is 26.2 Å². The normalized spacial score (nSPS) is 14.0. The highest BCUT2D eigenvalue weighted by Crippen LogP contribution is 2.17. The maximum Gasteiger partial charge on any atom is 0.349 e. The zero-order chi connectivity index (χ0) is 13.9. The third-order valence-electron chi connectivity index (χ3n) is 2.10. The van der Waals surface area contributed by atoms with Crippen LogP contribution in [0, 0.1) is 0 Å². The lowest BCUT2D eigenvalue weighted by atomic mass is 10.2. The third kappa shape index (κ3) is 3.30. The molecule has 1 aromatic rings. The molecule has 0 saturated carbocycles. The molecule has 1 aromatic heterocycles. The summed E-state index contributed by atoms with van der Waals surface area (Å²) in [5.74, 6) is 0. The van der Waals surface area contributed by atoms with Gasteiger partial charge < -0.3 is 4.74 Å². The van der Waals surface area contributed by atoms with Gasteiger partial charge in [0.05, 0.1) is 5.60 Å². The number of aldehydes is 1. The van der Waals surface area contributed by atoms with Crippen molar-refractivity contribution in [3.8, 4) is 0 Å². The van der Waals surface area contributed by atoms with Gasteiger partial charge in [-0.2, -0.15) is 0 Å². The average Bonchev–Trinajstić information content (AvgIpc) is 2.51. The van der Waals surface area contributed by atoms with E-state index in [9.17, 15) is 14.4 Å². The molecule has 1 rings (SSSR count). The Morgan fingerprint density at radius 3 is 2.33 bits per heavy atom. The fourth-order valence-corrected chi connectivity index (χ4v) is 1.33. The van der Waals surface area contributed by atoms with Gasteiger partial charge in [0.15, 0.2) is 6.23 Å². The number of nitrogens with one attached hydrogen (secondary N) is 1. The number of hydrogen-bond donors (Lipinski definition) is 1. The Labute approximate surface area is 104 Å².